The molecule has 1 aliphatic heterocycles. The van der Waals surface area contributed by atoms with Crippen LogP contribution in [-0.2, 0) is 17.8 Å². The van der Waals surface area contributed by atoms with Crippen LogP contribution in [0, 0.1) is 25.7 Å². The van der Waals surface area contributed by atoms with Crippen LogP contribution in [-0.4, -0.2) is 54.1 Å². The number of nitrogens with zero attached hydrogens (tertiary/aromatic N) is 2. The van der Waals surface area contributed by atoms with Gasteiger partial charge in [-0.25, -0.2) is 0 Å². The Kier molecular flexibility index (Phi) is 6.82. The highest BCUT2D eigenvalue weighted by Gasteiger charge is 2.39. The van der Waals surface area contributed by atoms with Crippen molar-refractivity contribution in [3.05, 3.63) is 58.4 Å². The van der Waals surface area contributed by atoms with Crippen molar-refractivity contribution in [1.29, 1.82) is 0 Å². The van der Waals surface area contributed by atoms with Crippen molar-refractivity contribution in [3.63, 3.8) is 0 Å². The molecule has 1 amide bonds. The Morgan fingerprint density at radius 2 is 2.09 bits per heavy atom. The minimum Gasteiger partial charge on any atom is -0.489 e. The number of amides is 1. The Labute approximate surface area is 191 Å². The predicted molar refractivity (Wildman–Crippen MR) is 124 cm³/mol. The van der Waals surface area contributed by atoms with Gasteiger partial charge in [-0.15, -0.1) is 0 Å². The molecule has 1 saturated heterocycles. The molecule has 0 radical (unpaired) electrons. The fourth-order valence-corrected chi connectivity index (χ4v) is 5.28. The van der Waals surface area contributed by atoms with E-state index < -0.39 is 6.10 Å². The first kappa shape index (κ1) is 22.7. The van der Waals surface area contributed by atoms with Crippen molar-refractivity contribution in [2.75, 3.05) is 33.2 Å². The lowest BCUT2D eigenvalue weighted by atomic mass is 9.72. The van der Waals surface area contributed by atoms with Crippen LogP contribution >= 0.6 is 0 Å². The zero-order chi connectivity index (χ0) is 22.8. The van der Waals surface area contributed by atoms with Crippen molar-refractivity contribution < 1.29 is 19.5 Å². The van der Waals surface area contributed by atoms with Gasteiger partial charge in [0.2, 0.25) is 5.91 Å². The van der Waals surface area contributed by atoms with E-state index in [0.717, 1.165) is 67.0 Å². The number of aliphatic hydroxyl groups is 1. The normalized spacial score (nSPS) is 22.3. The molecule has 1 aromatic carbocycles. The molecule has 2 heterocycles. The summed E-state index contributed by atoms with van der Waals surface area (Å²) in [6.07, 6.45) is 4.61. The predicted octanol–water partition coefficient (Wildman–Crippen LogP) is 1.87. The first-order valence-corrected chi connectivity index (χ1v) is 11.8. The van der Waals surface area contributed by atoms with Gasteiger partial charge in [-0.3, -0.25) is 9.78 Å². The Morgan fingerprint density at radius 3 is 2.78 bits per heavy atom. The number of rotatable bonds is 5. The van der Waals surface area contributed by atoms with Crippen molar-refractivity contribution in [1.82, 2.24) is 9.88 Å². The number of ether oxygens (including phenoxy) is 1. The number of carbonyl (C=O) groups is 1. The van der Waals surface area contributed by atoms with E-state index >= 15 is 0 Å². The van der Waals surface area contributed by atoms with Gasteiger partial charge in [0.25, 0.3) is 0 Å². The number of piperazine rings is 1. The molecule has 6 nitrogen and oxygen atoms in total. The zero-order valence-electron chi connectivity index (χ0n) is 19.7. The van der Waals surface area contributed by atoms with Crippen molar-refractivity contribution in [2.45, 2.75) is 46.3 Å². The summed E-state index contributed by atoms with van der Waals surface area (Å²) < 4.78 is 6.14. The molecule has 1 fully saturated rings. The van der Waals surface area contributed by atoms with Crippen LogP contribution in [0.1, 0.15) is 47.3 Å². The third kappa shape index (κ3) is 4.52. The number of quaternary nitrogens is 1. The number of fused-ring (bicyclic) bond motifs is 1. The summed E-state index contributed by atoms with van der Waals surface area (Å²) in [6.45, 7) is 10.1. The van der Waals surface area contributed by atoms with E-state index in [1.807, 2.05) is 30.9 Å². The number of benzene rings is 1. The van der Waals surface area contributed by atoms with Crippen molar-refractivity contribution >= 4 is 5.91 Å². The molecule has 1 aliphatic carbocycles. The maximum atomic E-state index is 13.2. The summed E-state index contributed by atoms with van der Waals surface area (Å²) in [4.78, 5) is 20.8. The van der Waals surface area contributed by atoms with Gasteiger partial charge in [0.1, 0.15) is 12.4 Å². The van der Waals surface area contributed by atoms with Gasteiger partial charge < -0.3 is 19.6 Å². The Hall–Kier alpha value is -2.44. The highest BCUT2D eigenvalue weighted by Crippen LogP contribution is 2.44. The average Bonchev–Trinajstić information content (AvgIpc) is 2.80. The minimum atomic E-state index is -0.656. The van der Waals surface area contributed by atoms with Crippen LogP contribution in [0.15, 0.2) is 30.6 Å². The quantitative estimate of drug-likeness (QED) is 0.748. The number of hydrogen-bond donors (Lipinski definition) is 2. The molecule has 0 saturated carbocycles. The number of hydrogen-bond acceptors (Lipinski definition) is 4. The van der Waals surface area contributed by atoms with Crippen molar-refractivity contribution in [2.24, 2.45) is 11.8 Å². The second kappa shape index (κ2) is 9.59. The molecule has 2 N–H and O–H groups in total. The molecule has 32 heavy (non-hydrogen) atoms. The summed E-state index contributed by atoms with van der Waals surface area (Å²) in [5, 5.41) is 11.5. The largest absolute Gasteiger partial charge is 0.489 e. The Balaban J connectivity index is 1.53. The lowest BCUT2D eigenvalue weighted by Crippen LogP contribution is -3.12. The van der Waals surface area contributed by atoms with Gasteiger partial charge >= 0.3 is 0 Å². The van der Waals surface area contributed by atoms with Crippen LogP contribution in [0.2, 0.25) is 0 Å². The molecule has 0 bridgehead atoms. The molecule has 4 rings (SSSR count). The van der Waals surface area contributed by atoms with E-state index in [1.165, 1.54) is 10.5 Å². The summed E-state index contributed by atoms with van der Waals surface area (Å²) >= 11 is 0. The topological polar surface area (TPSA) is 67.1 Å². The molecule has 6 heteroatoms. The van der Waals surface area contributed by atoms with Gasteiger partial charge in [0.05, 0.1) is 39.3 Å². The first-order chi connectivity index (χ1) is 15.4. The number of nitrogens with one attached hydrogen (secondary N) is 1. The van der Waals surface area contributed by atoms with Gasteiger partial charge in [-0.05, 0) is 61.1 Å². The average molecular weight is 439 g/mol. The summed E-state index contributed by atoms with van der Waals surface area (Å²) in [5.74, 6) is 0.707. The molecule has 2 aromatic rings. The van der Waals surface area contributed by atoms with E-state index in [9.17, 15) is 9.90 Å². The van der Waals surface area contributed by atoms with Crippen LogP contribution < -0.4 is 9.64 Å². The van der Waals surface area contributed by atoms with Gasteiger partial charge in [0.15, 0.2) is 0 Å². The highest BCUT2D eigenvalue weighted by atomic mass is 16.5. The Morgan fingerprint density at radius 1 is 1.34 bits per heavy atom. The molecular weight excluding hydrogens is 402 g/mol. The monoisotopic (exact) mass is 438 g/mol. The highest BCUT2D eigenvalue weighted by molar-refractivity contribution is 5.79. The van der Waals surface area contributed by atoms with E-state index in [2.05, 4.69) is 25.0 Å². The number of carbonyl (C=O) groups excluding carboxylic acids is 1. The van der Waals surface area contributed by atoms with Crippen LogP contribution in [0.3, 0.4) is 0 Å². The number of aryl methyl sites for hydroxylation is 1. The van der Waals surface area contributed by atoms with Gasteiger partial charge in [-0.1, -0.05) is 13.0 Å². The minimum absolute atomic E-state index is 0.0753. The molecule has 3 atom stereocenters. The smallest absolute Gasteiger partial charge is 0.226 e. The van der Waals surface area contributed by atoms with E-state index in [-0.39, 0.29) is 17.7 Å². The molecule has 2 aliphatic rings. The number of aromatic nitrogens is 1. The van der Waals surface area contributed by atoms with Gasteiger partial charge in [0, 0.05) is 29.8 Å². The third-order valence-electron chi connectivity index (χ3n) is 7.43. The number of pyridine rings is 1. The number of likely N-dealkylation sites (N-methyl/N-ethyl adjacent to an activating group) is 1. The first-order valence-electron chi connectivity index (χ1n) is 11.8. The van der Waals surface area contributed by atoms with Crippen LogP contribution in [0.5, 0.6) is 5.75 Å². The SMILES string of the molecule is Cc1cc(OCc2cccnc2)c(C)c2c1CC[C@H]([C@H](C)C(=O)N1CC[NH+](C)CC1)[C@H]2O. The maximum absolute atomic E-state index is 13.2. The summed E-state index contributed by atoms with van der Waals surface area (Å²) in [6, 6.07) is 5.97. The third-order valence-corrected chi connectivity index (χ3v) is 7.43. The molecule has 0 spiro atoms. The molecule has 1 aromatic heterocycles. The summed E-state index contributed by atoms with van der Waals surface area (Å²) in [7, 11) is 2.17. The summed E-state index contributed by atoms with van der Waals surface area (Å²) in [5.41, 5.74) is 5.31. The second-order valence-electron chi connectivity index (χ2n) is 9.58. The van der Waals surface area contributed by atoms with Crippen molar-refractivity contribution in [3.8, 4) is 5.75 Å². The number of aliphatic hydroxyl groups excluding tert-OH is 1. The van der Waals surface area contributed by atoms with Crippen LogP contribution in [0.25, 0.3) is 0 Å². The van der Waals surface area contributed by atoms with E-state index in [0.29, 0.717) is 6.61 Å². The Bertz CT molecular complexity index is 955. The fraction of sp³-hybridized carbons (Fsp3) is 0.538. The molecule has 172 valence electrons. The standard InChI is InChI=1S/C26H35N3O3/c1-17-14-23(32-16-20-6-5-9-27-15-20)19(3)24-21(17)7-8-22(25(24)30)18(2)26(31)29-12-10-28(4)11-13-29/h5-6,9,14-15,18,22,25,30H,7-8,10-13,16H2,1-4H3/p+1/t18-,22+,25+/m0/s1. The maximum Gasteiger partial charge on any atom is 0.226 e. The zero-order valence-corrected chi connectivity index (χ0v) is 19.7. The molecule has 0 unspecified atom stereocenters. The second-order valence-corrected chi connectivity index (χ2v) is 9.58. The lowest BCUT2D eigenvalue weighted by Gasteiger charge is -2.38. The van der Waals surface area contributed by atoms with Gasteiger partial charge in [-0.2, -0.15) is 0 Å². The lowest BCUT2D eigenvalue weighted by molar-refractivity contribution is -0.883. The fourth-order valence-electron chi connectivity index (χ4n) is 5.28. The molecular formula is C26H36N3O3+. The van der Waals surface area contributed by atoms with E-state index in [4.69, 9.17) is 4.74 Å². The van der Waals surface area contributed by atoms with Crippen LogP contribution in [0.4, 0.5) is 0 Å². The van der Waals surface area contributed by atoms with E-state index in [1.54, 1.807) is 12.4 Å².